The SMILES string of the molecule is COc1cc(OC)c(OC)cc1CN1CCNCC1c1ccccc1OC.Cl. The molecule has 0 saturated carbocycles. The van der Waals surface area contributed by atoms with Gasteiger partial charge in [-0.05, 0) is 12.1 Å². The Morgan fingerprint density at radius 2 is 1.54 bits per heavy atom. The lowest BCUT2D eigenvalue weighted by atomic mass is 10.0. The highest BCUT2D eigenvalue weighted by atomic mass is 35.5. The van der Waals surface area contributed by atoms with E-state index in [4.69, 9.17) is 18.9 Å². The van der Waals surface area contributed by atoms with E-state index in [0.29, 0.717) is 11.5 Å². The highest BCUT2D eigenvalue weighted by Crippen LogP contribution is 2.37. The van der Waals surface area contributed by atoms with Crippen LogP contribution in [0, 0.1) is 0 Å². The van der Waals surface area contributed by atoms with Crippen molar-refractivity contribution in [2.45, 2.75) is 12.6 Å². The molecular weight excluding hydrogens is 380 g/mol. The first-order chi connectivity index (χ1) is 13.2. The van der Waals surface area contributed by atoms with Gasteiger partial charge >= 0.3 is 0 Å². The van der Waals surface area contributed by atoms with Gasteiger partial charge in [0.1, 0.15) is 11.5 Å². The minimum absolute atomic E-state index is 0. The van der Waals surface area contributed by atoms with E-state index in [1.807, 2.05) is 24.3 Å². The van der Waals surface area contributed by atoms with Crippen LogP contribution < -0.4 is 24.3 Å². The van der Waals surface area contributed by atoms with Gasteiger partial charge in [0.25, 0.3) is 0 Å². The smallest absolute Gasteiger partial charge is 0.164 e. The molecule has 1 heterocycles. The maximum Gasteiger partial charge on any atom is 0.164 e. The Morgan fingerprint density at radius 3 is 2.21 bits per heavy atom. The lowest BCUT2D eigenvalue weighted by Gasteiger charge is -2.37. The summed E-state index contributed by atoms with van der Waals surface area (Å²) in [4.78, 5) is 2.44. The molecule has 1 unspecified atom stereocenters. The molecule has 0 aromatic heterocycles. The number of ether oxygens (including phenoxy) is 4. The molecule has 1 saturated heterocycles. The maximum atomic E-state index is 5.61. The van der Waals surface area contributed by atoms with E-state index in [1.54, 1.807) is 28.4 Å². The summed E-state index contributed by atoms with van der Waals surface area (Å²) in [7, 11) is 6.68. The lowest BCUT2D eigenvalue weighted by molar-refractivity contribution is 0.149. The van der Waals surface area contributed by atoms with Gasteiger partial charge < -0.3 is 24.3 Å². The van der Waals surface area contributed by atoms with Gasteiger partial charge in [0.2, 0.25) is 0 Å². The van der Waals surface area contributed by atoms with E-state index in [-0.39, 0.29) is 18.4 Å². The second-order valence-electron chi connectivity index (χ2n) is 6.45. The molecule has 0 amide bonds. The Kier molecular flexibility index (Phi) is 8.23. The zero-order valence-electron chi connectivity index (χ0n) is 16.9. The minimum atomic E-state index is 0. The standard InChI is InChI=1S/C21H28N2O4.ClH/c1-24-18-8-6-5-7-16(18)17-13-22-9-10-23(17)14-15-11-20(26-3)21(27-4)12-19(15)25-2;/h5-8,11-12,17,22H,9-10,13-14H2,1-4H3;1H. The van der Waals surface area contributed by atoms with Crippen molar-refractivity contribution >= 4 is 12.4 Å². The molecule has 28 heavy (non-hydrogen) atoms. The van der Waals surface area contributed by atoms with Gasteiger partial charge in [0.15, 0.2) is 11.5 Å². The van der Waals surface area contributed by atoms with Crippen LogP contribution in [0.1, 0.15) is 17.2 Å². The molecule has 0 radical (unpaired) electrons. The van der Waals surface area contributed by atoms with Crippen molar-refractivity contribution in [2.24, 2.45) is 0 Å². The number of para-hydroxylation sites is 1. The Morgan fingerprint density at radius 1 is 0.893 bits per heavy atom. The molecular formula is C21H29ClN2O4. The summed E-state index contributed by atoms with van der Waals surface area (Å²) in [6.45, 7) is 3.49. The Hall–Kier alpha value is -2.15. The van der Waals surface area contributed by atoms with Gasteiger partial charge in [0.05, 0.1) is 34.5 Å². The third-order valence-electron chi connectivity index (χ3n) is 5.01. The molecule has 1 fully saturated rings. The van der Waals surface area contributed by atoms with E-state index in [2.05, 4.69) is 22.3 Å². The fraction of sp³-hybridized carbons (Fsp3) is 0.429. The monoisotopic (exact) mass is 408 g/mol. The highest BCUT2D eigenvalue weighted by molar-refractivity contribution is 5.85. The largest absolute Gasteiger partial charge is 0.496 e. The van der Waals surface area contributed by atoms with Crippen LogP contribution in [0.2, 0.25) is 0 Å². The van der Waals surface area contributed by atoms with Gasteiger partial charge in [-0.15, -0.1) is 12.4 Å². The quantitative estimate of drug-likeness (QED) is 0.758. The van der Waals surface area contributed by atoms with Crippen molar-refractivity contribution in [3.8, 4) is 23.0 Å². The van der Waals surface area contributed by atoms with Gasteiger partial charge in [-0.25, -0.2) is 0 Å². The molecule has 3 rings (SSSR count). The molecule has 1 N–H and O–H groups in total. The second kappa shape index (κ2) is 10.4. The van der Waals surface area contributed by atoms with Gasteiger partial charge in [0, 0.05) is 43.4 Å². The van der Waals surface area contributed by atoms with E-state index in [1.165, 1.54) is 5.56 Å². The average molecular weight is 409 g/mol. The van der Waals surface area contributed by atoms with Gasteiger partial charge in [-0.1, -0.05) is 18.2 Å². The Bertz CT molecular complexity index is 772. The van der Waals surface area contributed by atoms with Crippen molar-refractivity contribution in [3.63, 3.8) is 0 Å². The third-order valence-corrected chi connectivity index (χ3v) is 5.01. The lowest BCUT2D eigenvalue weighted by Crippen LogP contribution is -2.45. The fourth-order valence-corrected chi connectivity index (χ4v) is 3.62. The third kappa shape index (κ3) is 4.63. The van der Waals surface area contributed by atoms with Crippen LogP contribution in [0.15, 0.2) is 36.4 Å². The number of benzene rings is 2. The molecule has 2 aromatic rings. The first-order valence-electron chi connectivity index (χ1n) is 9.08. The zero-order chi connectivity index (χ0) is 19.2. The maximum absolute atomic E-state index is 5.61. The highest BCUT2D eigenvalue weighted by Gasteiger charge is 2.27. The summed E-state index contributed by atoms with van der Waals surface area (Å²) in [6.07, 6.45) is 0. The second-order valence-corrected chi connectivity index (χ2v) is 6.45. The van der Waals surface area contributed by atoms with Crippen LogP contribution in [0.4, 0.5) is 0 Å². The van der Waals surface area contributed by atoms with Crippen molar-refractivity contribution < 1.29 is 18.9 Å². The predicted molar refractivity (Wildman–Crippen MR) is 112 cm³/mol. The summed E-state index contributed by atoms with van der Waals surface area (Å²) < 4.78 is 22.1. The van der Waals surface area contributed by atoms with Crippen LogP contribution in [0.25, 0.3) is 0 Å². The summed E-state index contributed by atoms with van der Waals surface area (Å²) in [5, 5.41) is 3.50. The normalized spacial score (nSPS) is 16.8. The first kappa shape index (κ1) is 22.1. The van der Waals surface area contributed by atoms with Crippen molar-refractivity contribution in [1.29, 1.82) is 0 Å². The van der Waals surface area contributed by atoms with Gasteiger partial charge in [-0.3, -0.25) is 4.90 Å². The predicted octanol–water partition coefficient (Wildman–Crippen LogP) is 3.29. The number of halogens is 1. The van der Waals surface area contributed by atoms with Gasteiger partial charge in [-0.2, -0.15) is 0 Å². The summed E-state index contributed by atoms with van der Waals surface area (Å²) in [6, 6.07) is 12.3. The van der Waals surface area contributed by atoms with Crippen molar-refractivity contribution in [2.75, 3.05) is 48.1 Å². The molecule has 7 heteroatoms. The molecule has 0 aliphatic carbocycles. The fourth-order valence-electron chi connectivity index (χ4n) is 3.62. The van der Waals surface area contributed by atoms with Crippen LogP contribution in [-0.2, 0) is 6.54 Å². The number of nitrogens with zero attached hydrogens (tertiary/aromatic N) is 1. The van der Waals surface area contributed by atoms with E-state index in [9.17, 15) is 0 Å². The van der Waals surface area contributed by atoms with Crippen LogP contribution in [0.3, 0.4) is 0 Å². The molecule has 154 valence electrons. The number of hydrogen-bond acceptors (Lipinski definition) is 6. The molecule has 1 aliphatic rings. The van der Waals surface area contributed by atoms with E-state index in [0.717, 1.165) is 43.2 Å². The summed E-state index contributed by atoms with van der Waals surface area (Å²) in [5.74, 6) is 3.08. The van der Waals surface area contributed by atoms with Crippen LogP contribution in [0.5, 0.6) is 23.0 Å². The van der Waals surface area contributed by atoms with Crippen molar-refractivity contribution in [3.05, 3.63) is 47.5 Å². The molecule has 0 bridgehead atoms. The minimum Gasteiger partial charge on any atom is -0.496 e. The number of nitrogens with one attached hydrogen (secondary N) is 1. The topological polar surface area (TPSA) is 52.2 Å². The number of hydrogen-bond donors (Lipinski definition) is 1. The summed E-state index contributed by atoms with van der Waals surface area (Å²) in [5.41, 5.74) is 2.25. The number of piperazine rings is 1. The van der Waals surface area contributed by atoms with E-state index < -0.39 is 0 Å². The zero-order valence-corrected chi connectivity index (χ0v) is 17.7. The molecule has 2 aromatic carbocycles. The molecule has 6 nitrogen and oxygen atoms in total. The molecule has 0 spiro atoms. The number of methoxy groups -OCH3 is 4. The Labute approximate surface area is 173 Å². The van der Waals surface area contributed by atoms with Crippen molar-refractivity contribution in [1.82, 2.24) is 10.2 Å². The summed E-state index contributed by atoms with van der Waals surface area (Å²) >= 11 is 0. The first-order valence-corrected chi connectivity index (χ1v) is 9.08. The Balaban J connectivity index is 0.00000280. The average Bonchev–Trinajstić information content (AvgIpc) is 2.73. The van der Waals surface area contributed by atoms with Crippen LogP contribution >= 0.6 is 12.4 Å². The van der Waals surface area contributed by atoms with Crippen LogP contribution in [-0.4, -0.2) is 53.0 Å². The molecule has 1 aliphatic heterocycles. The molecule has 1 atom stereocenters. The van der Waals surface area contributed by atoms with E-state index >= 15 is 0 Å². The number of rotatable bonds is 7.